The first-order valence-corrected chi connectivity index (χ1v) is 7.92. The summed E-state index contributed by atoms with van der Waals surface area (Å²) in [6.45, 7) is 0.731. The normalized spacial score (nSPS) is 17.2. The van der Waals surface area contributed by atoms with Crippen molar-refractivity contribution in [2.75, 3.05) is 38.3 Å². The molecule has 0 aliphatic heterocycles. The van der Waals surface area contributed by atoms with Crippen molar-refractivity contribution < 1.29 is 13.5 Å². The van der Waals surface area contributed by atoms with Crippen LogP contribution >= 0.6 is 0 Å². The van der Waals surface area contributed by atoms with Crippen molar-refractivity contribution in [3.8, 4) is 0 Å². The topological polar surface area (TPSA) is 95.7 Å². The number of nitrogens with two attached hydrogens (primary N) is 1. The van der Waals surface area contributed by atoms with Gasteiger partial charge in [-0.05, 0) is 25.0 Å². The Morgan fingerprint density at radius 2 is 2.05 bits per heavy atom. The highest BCUT2D eigenvalue weighted by molar-refractivity contribution is 7.89. The van der Waals surface area contributed by atoms with E-state index in [9.17, 15) is 13.5 Å². The summed E-state index contributed by atoms with van der Waals surface area (Å²) in [6.07, 6.45) is 1.96. The largest absolute Gasteiger partial charge is 0.396 e. The summed E-state index contributed by atoms with van der Waals surface area (Å²) < 4.78 is 25.4. The standard InChI is InChI=1S/C13H21N3O3S/c1-16(2)20(18,19)11-5-3-4-10(12(11)14)15-8-13(9-17)6-7-13/h3-5,15,17H,6-9,14H2,1-2H3. The molecule has 6 nitrogen and oxygen atoms in total. The van der Waals surface area contributed by atoms with Gasteiger partial charge in [0.15, 0.2) is 0 Å². The first-order valence-electron chi connectivity index (χ1n) is 6.48. The lowest BCUT2D eigenvalue weighted by Gasteiger charge is -2.18. The van der Waals surface area contributed by atoms with E-state index in [2.05, 4.69) is 5.32 Å². The van der Waals surface area contributed by atoms with E-state index in [1.807, 2.05) is 0 Å². The zero-order valence-corrected chi connectivity index (χ0v) is 12.6. The molecule has 4 N–H and O–H groups in total. The molecule has 0 bridgehead atoms. The fraction of sp³-hybridized carbons (Fsp3) is 0.538. The van der Waals surface area contributed by atoms with E-state index in [4.69, 9.17) is 5.73 Å². The van der Waals surface area contributed by atoms with Gasteiger partial charge in [-0.3, -0.25) is 0 Å². The lowest BCUT2D eigenvalue weighted by atomic mass is 10.1. The van der Waals surface area contributed by atoms with Crippen molar-refractivity contribution in [2.45, 2.75) is 17.7 Å². The molecule has 0 saturated heterocycles. The molecule has 0 amide bonds. The van der Waals surface area contributed by atoms with Gasteiger partial charge in [-0.15, -0.1) is 0 Å². The van der Waals surface area contributed by atoms with Crippen LogP contribution in [0.15, 0.2) is 23.1 Å². The number of para-hydroxylation sites is 1. The average Bonchev–Trinajstić information content (AvgIpc) is 3.18. The molecule has 1 aromatic carbocycles. The van der Waals surface area contributed by atoms with Crippen LogP contribution in [0, 0.1) is 5.41 Å². The number of sulfonamides is 1. The summed E-state index contributed by atoms with van der Waals surface area (Å²) >= 11 is 0. The maximum atomic E-state index is 12.2. The Balaban J connectivity index is 2.24. The van der Waals surface area contributed by atoms with Crippen LogP contribution in [0.3, 0.4) is 0 Å². The van der Waals surface area contributed by atoms with Gasteiger partial charge in [0.2, 0.25) is 10.0 Å². The van der Waals surface area contributed by atoms with Crippen LogP contribution in [0.4, 0.5) is 11.4 Å². The van der Waals surface area contributed by atoms with Gasteiger partial charge in [-0.25, -0.2) is 12.7 Å². The van der Waals surface area contributed by atoms with Crippen LogP contribution in [0.2, 0.25) is 0 Å². The smallest absolute Gasteiger partial charge is 0.244 e. The second-order valence-electron chi connectivity index (χ2n) is 5.52. The Labute approximate surface area is 119 Å². The van der Waals surface area contributed by atoms with Crippen LogP contribution in [-0.4, -0.2) is 45.1 Å². The Morgan fingerprint density at radius 3 is 2.55 bits per heavy atom. The summed E-state index contributed by atoms with van der Waals surface area (Å²) in [5, 5.41) is 12.4. The van der Waals surface area contributed by atoms with E-state index < -0.39 is 10.0 Å². The molecule has 1 fully saturated rings. The SMILES string of the molecule is CN(C)S(=O)(=O)c1cccc(NCC2(CO)CC2)c1N. The van der Waals surface area contributed by atoms with Crippen molar-refractivity contribution in [3.63, 3.8) is 0 Å². The third kappa shape index (κ3) is 2.74. The second kappa shape index (κ2) is 5.23. The zero-order chi connectivity index (χ0) is 15.0. The minimum Gasteiger partial charge on any atom is -0.396 e. The van der Waals surface area contributed by atoms with Gasteiger partial charge in [0.25, 0.3) is 0 Å². The first-order chi connectivity index (χ1) is 9.32. The minimum atomic E-state index is -3.55. The number of nitrogen functional groups attached to an aromatic ring is 1. The highest BCUT2D eigenvalue weighted by Crippen LogP contribution is 2.45. The number of aliphatic hydroxyl groups is 1. The maximum Gasteiger partial charge on any atom is 0.244 e. The lowest BCUT2D eigenvalue weighted by molar-refractivity contribution is 0.220. The van der Waals surface area contributed by atoms with E-state index in [0.29, 0.717) is 12.2 Å². The van der Waals surface area contributed by atoms with Crippen molar-refractivity contribution in [1.29, 1.82) is 0 Å². The van der Waals surface area contributed by atoms with Crippen molar-refractivity contribution in [1.82, 2.24) is 4.31 Å². The number of benzene rings is 1. The van der Waals surface area contributed by atoms with Gasteiger partial charge in [-0.2, -0.15) is 0 Å². The zero-order valence-electron chi connectivity index (χ0n) is 11.8. The van der Waals surface area contributed by atoms with Gasteiger partial charge in [0, 0.05) is 26.1 Å². The Hall–Kier alpha value is -1.31. The summed E-state index contributed by atoms with van der Waals surface area (Å²) in [5.41, 5.74) is 6.71. The van der Waals surface area contributed by atoms with Crippen molar-refractivity contribution in [2.24, 2.45) is 5.41 Å². The van der Waals surface area contributed by atoms with Crippen LogP contribution in [0.1, 0.15) is 12.8 Å². The summed E-state index contributed by atoms with van der Waals surface area (Å²) in [5.74, 6) is 0. The summed E-state index contributed by atoms with van der Waals surface area (Å²) in [7, 11) is -0.611. The Morgan fingerprint density at radius 1 is 1.40 bits per heavy atom. The molecule has 1 saturated carbocycles. The summed E-state index contributed by atoms with van der Waals surface area (Å²) in [4.78, 5) is 0.0985. The molecule has 0 radical (unpaired) electrons. The molecule has 7 heteroatoms. The van der Waals surface area contributed by atoms with Gasteiger partial charge >= 0.3 is 0 Å². The number of hydrogen-bond acceptors (Lipinski definition) is 5. The second-order valence-corrected chi connectivity index (χ2v) is 7.64. The number of anilines is 2. The Bertz CT molecular complexity index is 595. The van der Waals surface area contributed by atoms with Crippen LogP contribution < -0.4 is 11.1 Å². The number of nitrogens with one attached hydrogen (secondary N) is 1. The van der Waals surface area contributed by atoms with Gasteiger partial charge in [0.1, 0.15) is 4.90 Å². The van der Waals surface area contributed by atoms with Crippen molar-refractivity contribution in [3.05, 3.63) is 18.2 Å². The quantitative estimate of drug-likeness (QED) is 0.672. The molecule has 0 aromatic heterocycles. The molecule has 0 spiro atoms. The number of hydrogen-bond donors (Lipinski definition) is 3. The van der Waals surface area contributed by atoms with Crippen LogP contribution in [0.25, 0.3) is 0 Å². The number of rotatable bonds is 6. The molecular weight excluding hydrogens is 278 g/mol. The molecule has 1 aliphatic carbocycles. The number of aliphatic hydroxyl groups excluding tert-OH is 1. The predicted molar refractivity (Wildman–Crippen MR) is 79.0 cm³/mol. The molecule has 0 unspecified atom stereocenters. The highest BCUT2D eigenvalue weighted by atomic mass is 32.2. The van der Waals surface area contributed by atoms with E-state index in [1.165, 1.54) is 20.2 Å². The van der Waals surface area contributed by atoms with E-state index in [-0.39, 0.29) is 22.6 Å². The molecule has 20 heavy (non-hydrogen) atoms. The molecule has 2 rings (SSSR count). The van der Waals surface area contributed by atoms with Crippen molar-refractivity contribution >= 4 is 21.4 Å². The average molecular weight is 299 g/mol. The fourth-order valence-electron chi connectivity index (χ4n) is 1.97. The maximum absolute atomic E-state index is 12.2. The highest BCUT2D eigenvalue weighted by Gasteiger charge is 2.41. The third-order valence-corrected chi connectivity index (χ3v) is 5.64. The molecule has 1 aromatic rings. The van der Waals surface area contributed by atoms with Gasteiger partial charge in [-0.1, -0.05) is 6.07 Å². The fourth-order valence-corrected chi connectivity index (χ4v) is 3.00. The van der Waals surface area contributed by atoms with E-state index in [1.54, 1.807) is 12.1 Å². The van der Waals surface area contributed by atoms with E-state index >= 15 is 0 Å². The third-order valence-electron chi connectivity index (χ3n) is 3.77. The number of nitrogens with zero attached hydrogens (tertiary/aromatic N) is 1. The molecule has 112 valence electrons. The molecular formula is C13H21N3O3S. The monoisotopic (exact) mass is 299 g/mol. The molecule has 0 heterocycles. The summed E-state index contributed by atoms with van der Waals surface area (Å²) in [6, 6.07) is 4.90. The van der Waals surface area contributed by atoms with Gasteiger partial charge < -0.3 is 16.2 Å². The Kier molecular flexibility index (Phi) is 3.95. The van der Waals surface area contributed by atoms with E-state index in [0.717, 1.165) is 17.1 Å². The molecule has 0 atom stereocenters. The van der Waals surface area contributed by atoms with Crippen LogP contribution in [-0.2, 0) is 10.0 Å². The van der Waals surface area contributed by atoms with Crippen LogP contribution in [0.5, 0.6) is 0 Å². The van der Waals surface area contributed by atoms with Gasteiger partial charge in [0.05, 0.1) is 18.0 Å². The predicted octanol–water partition coefficient (Wildman–Crippen LogP) is 0.704. The first kappa shape index (κ1) is 15.1. The minimum absolute atomic E-state index is 0.0666. The lowest BCUT2D eigenvalue weighted by Crippen LogP contribution is -2.24. The molecule has 1 aliphatic rings.